The van der Waals surface area contributed by atoms with E-state index in [-0.39, 0.29) is 0 Å². The molecule has 0 bridgehead atoms. The Morgan fingerprint density at radius 1 is 1.44 bits per heavy atom. The fourth-order valence-corrected chi connectivity index (χ4v) is 2.18. The maximum Gasteiger partial charge on any atom is 0.128 e. The summed E-state index contributed by atoms with van der Waals surface area (Å²) in [5.41, 5.74) is 1.11. The van der Waals surface area contributed by atoms with Gasteiger partial charge in [-0.05, 0) is 24.6 Å². The summed E-state index contributed by atoms with van der Waals surface area (Å²) in [5, 5.41) is 4.02. The van der Waals surface area contributed by atoms with Crippen LogP contribution in [0.25, 0.3) is 0 Å². The summed E-state index contributed by atoms with van der Waals surface area (Å²) < 4.78 is 5.46. The first-order chi connectivity index (χ1) is 8.81. The van der Waals surface area contributed by atoms with Gasteiger partial charge in [-0.15, -0.1) is 0 Å². The van der Waals surface area contributed by atoms with Crippen molar-refractivity contribution in [2.75, 3.05) is 37.7 Å². The van der Waals surface area contributed by atoms with Crippen molar-refractivity contribution in [2.45, 2.75) is 19.9 Å². The van der Waals surface area contributed by atoms with Crippen LogP contribution < -0.4 is 10.2 Å². The van der Waals surface area contributed by atoms with Crippen LogP contribution in [-0.4, -0.2) is 37.8 Å². The fourth-order valence-electron chi connectivity index (χ4n) is 2.01. The quantitative estimate of drug-likeness (QED) is 0.908. The zero-order valence-electron chi connectivity index (χ0n) is 10.8. The third-order valence-electron chi connectivity index (χ3n) is 3.03. The van der Waals surface area contributed by atoms with E-state index in [1.807, 2.05) is 0 Å². The monoisotopic (exact) mass is 269 g/mol. The first-order valence-electron chi connectivity index (χ1n) is 6.49. The highest BCUT2D eigenvalue weighted by atomic mass is 35.5. The van der Waals surface area contributed by atoms with Gasteiger partial charge in [-0.2, -0.15) is 0 Å². The summed E-state index contributed by atoms with van der Waals surface area (Å²) in [7, 11) is 0. The molecule has 1 aliphatic rings. The van der Waals surface area contributed by atoms with Crippen LogP contribution in [0.4, 0.5) is 5.82 Å². The lowest BCUT2D eigenvalue weighted by molar-refractivity contribution is 0.152. The summed E-state index contributed by atoms with van der Waals surface area (Å²) in [6.07, 6.45) is 2.79. The number of ether oxygens (including phenoxy) is 1. The molecule has 2 heterocycles. The number of pyridine rings is 1. The summed E-state index contributed by atoms with van der Waals surface area (Å²) in [4.78, 5) is 6.69. The summed E-state index contributed by atoms with van der Waals surface area (Å²) >= 11 is 6.16. The Morgan fingerprint density at radius 2 is 2.33 bits per heavy atom. The van der Waals surface area contributed by atoms with Gasteiger partial charge in [0.1, 0.15) is 5.82 Å². The minimum absolute atomic E-state index is 0.728. The van der Waals surface area contributed by atoms with Crippen molar-refractivity contribution in [2.24, 2.45) is 0 Å². The van der Waals surface area contributed by atoms with Crippen molar-refractivity contribution in [3.05, 3.63) is 22.8 Å². The number of hydrogen-bond acceptors (Lipinski definition) is 4. The van der Waals surface area contributed by atoms with E-state index < -0.39 is 0 Å². The van der Waals surface area contributed by atoms with E-state index in [1.54, 1.807) is 6.20 Å². The molecule has 5 heteroatoms. The molecule has 1 fully saturated rings. The number of hydrogen-bond donors (Lipinski definition) is 1. The third kappa shape index (κ3) is 3.57. The van der Waals surface area contributed by atoms with E-state index in [4.69, 9.17) is 16.3 Å². The van der Waals surface area contributed by atoms with Crippen LogP contribution in [-0.2, 0) is 11.3 Å². The summed E-state index contributed by atoms with van der Waals surface area (Å²) in [5.74, 6) is 0.998. The molecule has 0 aromatic carbocycles. The molecule has 1 aliphatic heterocycles. The van der Waals surface area contributed by atoms with Gasteiger partial charge in [0.25, 0.3) is 0 Å². The minimum atomic E-state index is 0.728. The molecule has 2 rings (SSSR count). The van der Waals surface area contributed by atoms with Gasteiger partial charge < -0.3 is 15.0 Å². The molecule has 1 saturated heterocycles. The molecule has 0 radical (unpaired) electrons. The molecular formula is C13H20ClN3O. The molecule has 1 aromatic rings. The number of halogens is 1. The van der Waals surface area contributed by atoms with E-state index in [2.05, 4.69) is 28.2 Å². The fraction of sp³-hybridized carbons (Fsp3) is 0.615. The summed E-state index contributed by atoms with van der Waals surface area (Å²) in [6.45, 7) is 7.31. The predicted molar refractivity (Wildman–Crippen MR) is 74.3 cm³/mol. The third-order valence-corrected chi connectivity index (χ3v) is 3.37. The molecule has 0 aliphatic carbocycles. The SMILES string of the molecule is CCNCc1cc(N2CCCOCC2)ncc1Cl. The Bertz CT molecular complexity index is 378. The van der Waals surface area contributed by atoms with E-state index in [0.717, 1.165) is 62.2 Å². The Labute approximate surface area is 113 Å². The molecule has 100 valence electrons. The van der Waals surface area contributed by atoms with Crippen LogP contribution >= 0.6 is 11.6 Å². The minimum Gasteiger partial charge on any atom is -0.380 e. The van der Waals surface area contributed by atoms with Gasteiger partial charge in [-0.3, -0.25) is 0 Å². The Balaban J connectivity index is 2.11. The average molecular weight is 270 g/mol. The molecule has 4 nitrogen and oxygen atoms in total. The van der Waals surface area contributed by atoms with Gasteiger partial charge in [0.05, 0.1) is 11.6 Å². The molecule has 0 amide bonds. The zero-order chi connectivity index (χ0) is 12.8. The van der Waals surface area contributed by atoms with Crippen LogP contribution in [0.15, 0.2) is 12.3 Å². The first kappa shape index (κ1) is 13.6. The number of nitrogens with zero attached hydrogens (tertiary/aromatic N) is 2. The van der Waals surface area contributed by atoms with Crippen molar-refractivity contribution >= 4 is 17.4 Å². The standard InChI is InChI=1S/C13H20ClN3O/c1-2-15-9-11-8-13(16-10-12(11)14)17-4-3-6-18-7-5-17/h8,10,15H,2-7,9H2,1H3. The molecular weight excluding hydrogens is 250 g/mol. The second-order valence-corrected chi connectivity index (χ2v) is 4.77. The molecule has 1 aromatic heterocycles. The van der Waals surface area contributed by atoms with Gasteiger partial charge in [-0.25, -0.2) is 4.98 Å². The molecule has 1 N–H and O–H groups in total. The largest absolute Gasteiger partial charge is 0.380 e. The van der Waals surface area contributed by atoms with Crippen molar-refractivity contribution in [3.8, 4) is 0 Å². The van der Waals surface area contributed by atoms with E-state index >= 15 is 0 Å². The highest BCUT2D eigenvalue weighted by molar-refractivity contribution is 6.31. The van der Waals surface area contributed by atoms with Gasteiger partial charge in [-0.1, -0.05) is 18.5 Å². The highest BCUT2D eigenvalue weighted by Crippen LogP contribution is 2.21. The smallest absolute Gasteiger partial charge is 0.128 e. The van der Waals surface area contributed by atoms with Gasteiger partial charge in [0.15, 0.2) is 0 Å². The Morgan fingerprint density at radius 3 is 3.17 bits per heavy atom. The maximum absolute atomic E-state index is 6.16. The van der Waals surface area contributed by atoms with Gasteiger partial charge in [0, 0.05) is 32.4 Å². The maximum atomic E-state index is 6.16. The zero-order valence-corrected chi connectivity index (χ0v) is 11.5. The number of nitrogens with one attached hydrogen (secondary N) is 1. The van der Waals surface area contributed by atoms with Gasteiger partial charge in [0.2, 0.25) is 0 Å². The lowest BCUT2D eigenvalue weighted by Crippen LogP contribution is -2.27. The number of aromatic nitrogens is 1. The highest BCUT2D eigenvalue weighted by Gasteiger charge is 2.12. The lowest BCUT2D eigenvalue weighted by Gasteiger charge is -2.21. The van der Waals surface area contributed by atoms with Crippen molar-refractivity contribution in [3.63, 3.8) is 0 Å². The first-order valence-corrected chi connectivity index (χ1v) is 6.87. The molecule has 0 spiro atoms. The van der Waals surface area contributed by atoms with Crippen LogP contribution in [0.5, 0.6) is 0 Å². The van der Waals surface area contributed by atoms with E-state index in [0.29, 0.717) is 0 Å². The second kappa shape index (κ2) is 6.92. The van der Waals surface area contributed by atoms with Crippen LogP contribution in [0.1, 0.15) is 18.9 Å². The molecule has 18 heavy (non-hydrogen) atoms. The Kier molecular flexibility index (Phi) is 5.23. The molecule has 0 unspecified atom stereocenters. The topological polar surface area (TPSA) is 37.4 Å². The normalized spacial score (nSPS) is 16.7. The van der Waals surface area contributed by atoms with Crippen molar-refractivity contribution in [1.82, 2.24) is 10.3 Å². The Hall–Kier alpha value is -0.840. The number of rotatable bonds is 4. The summed E-state index contributed by atoms with van der Waals surface area (Å²) in [6, 6.07) is 2.08. The van der Waals surface area contributed by atoms with E-state index in [1.165, 1.54) is 0 Å². The van der Waals surface area contributed by atoms with Crippen LogP contribution in [0.3, 0.4) is 0 Å². The van der Waals surface area contributed by atoms with Crippen molar-refractivity contribution in [1.29, 1.82) is 0 Å². The second-order valence-electron chi connectivity index (χ2n) is 4.37. The number of anilines is 1. The van der Waals surface area contributed by atoms with E-state index in [9.17, 15) is 0 Å². The van der Waals surface area contributed by atoms with Gasteiger partial charge >= 0.3 is 0 Å². The van der Waals surface area contributed by atoms with Crippen LogP contribution in [0, 0.1) is 0 Å². The average Bonchev–Trinajstić information content (AvgIpc) is 2.67. The molecule has 0 saturated carbocycles. The molecule has 0 atom stereocenters. The van der Waals surface area contributed by atoms with Crippen molar-refractivity contribution < 1.29 is 4.74 Å². The lowest BCUT2D eigenvalue weighted by atomic mass is 10.2. The van der Waals surface area contributed by atoms with Crippen LogP contribution in [0.2, 0.25) is 5.02 Å². The predicted octanol–water partition coefficient (Wildman–Crippen LogP) is 2.07.